The fourth-order valence-electron chi connectivity index (χ4n) is 1.89. The molecule has 1 aliphatic carbocycles. The molecule has 2 fully saturated rings. The van der Waals surface area contributed by atoms with E-state index in [9.17, 15) is 0 Å². The molecule has 2 nitrogen and oxygen atoms in total. The summed E-state index contributed by atoms with van der Waals surface area (Å²) in [4.78, 5) is 0. The minimum Gasteiger partial charge on any atom is -0.375 e. The van der Waals surface area contributed by atoms with E-state index >= 15 is 0 Å². The van der Waals surface area contributed by atoms with E-state index in [4.69, 9.17) is 10.5 Å². The van der Waals surface area contributed by atoms with Gasteiger partial charge in [-0.15, -0.1) is 0 Å². The van der Waals surface area contributed by atoms with Gasteiger partial charge in [-0.3, -0.25) is 0 Å². The molecule has 2 rings (SSSR count). The van der Waals surface area contributed by atoms with Gasteiger partial charge in [0.05, 0.1) is 5.60 Å². The minimum absolute atomic E-state index is 0.234. The van der Waals surface area contributed by atoms with E-state index in [0.29, 0.717) is 12.0 Å². The summed E-state index contributed by atoms with van der Waals surface area (Å²) in [5.41, 5.74) is 6.15. The zero-order valence-electron chi connectivity index (χ0n) is 6.47. The summed E-state index contributed by atoms with van der Waals surface area (Å²) >= 11 is 0. The van der Waals surface area contributed by atoms with Crippen molar-refractivity contribution in [1.29, 1.82) is 0 Å². The van der Waals surface area contributed by atoms with Gasteiger partial charge in [-0.05, 0) is 19.3 Å². The highest BCUT2D eigenvalue weighted by atomic mass is 16.5. The normalized spacial score (nSPS) is 43.8. The quantitative estimate of drug-likeness (QED) is 0.544. The van der Waals surface area contributed by atoms with Crippen molar-refractivity contribution in [2.75, 3.05) is 6.61 Å². The van der Waals surface area contributed by atoms with Crippen LogP contribution in [0.25, 0.3) is 0 Å². The Balaban J connectivity index is 2.07. The van der Waals surface area contributed by atoms with Gasteiger partial charge in [-0.2, -0.15) is 0 Å². The van der Waals surface area contributed by atoms with Gasteiger partial charge in [-0.1, -0.05) is 6.92 Å². The van der Waals surface area contributed by atoms with Crippen LogP contribution in [0.2, 0.25) is 0 Å². The Bertz CT molecular complexity index is 142. The molecule has 1 saturated heterocycles. The smallest absolute Gasteiger partial charge is 0.0724 e. The van der Waals surface area contributed by atoms with Crippen LogP contribution in [-0.4, -0.2) is 18.2 Å². The first-order valence-electron chi connectivity index (χ1n) is 4.14. The van der Waals surface area contributed by atoms with Crippen molar-refractivity contribution in [2.45, 2.75) is 37.8 Å². The Kier molecular flexibility index (Phi) is 1.29. The first-order chi connectivity index (χ1) is 4.75. The van der Waals surface area contributed by atoms with Gasteiger partial charge >= 0.3 is 0 Å². The van der Waals surface area contributed by atoms with Crippen LogP contribution in [0.4, 0.5) is 0 Å². The zero-order valence-corrected chi connectivity index (χ0v) is 6.47. The Labute approximate surface area is 61.7 Å². The summed E-state index contributed by atoms with van der Waals surface area (Å²) in [7, 11) is 0. The second kappa shape index (κ2) is 1.95. The molecule has 2 heteroatoms. The molecule has 0 radical (unpaired) electrons. The van der Waals surface area contributed by atoms with E-state index in [0.717, 1.165) is 13.0 Å². The van der Waals surface area contributed by atoms with Crippen LogP contribution in [0.15, 0.2) is 0 Å². The summed E-state index contributed by atoms with van der Waals surface area (Å²) in [5.74, 6) is 0.584. The topological polar surface area (TPSA) is 35.2 Å². The standard InChI is InChI=1S/C8H15NO/c1-6-7(9)2-5-10-8(6)3-4-8/h6-7H,2-5,9H2,1H3/t6-,7?/m0/s1. The van der Waals surface area contributed by atoms with Crippen LogP contribution in [0, 0.1) is 5.92 Å². The fraction of sp³-hybridized carbons (Fsp3) is 1.00. The lowest BCUT2D eigenvalue weighted by Crippen LogP contribution is -2.44. The Morgan fingerprint density at radius 3 is 2.70 bits per heavy atom. The van der Waals surface area contributed by atoms with Crippen LogP contribution < -0.4 is 5.73 Å². The third-order valence-electron chi connectivity index (χ3n) is 3.06. The van der Waals surface area contributed by atoms with Gasteiger partial charge in [0.1, 0.15) is 0 Å². The summed E-state index contributed by atoms with van der Waals surface area (Å²) < 4.78 is 5.68. The molecule has 2 atom stereocenters. The highest BCUT2D eigenvalue weighted by molar-refractivity contribution is 5.04. The molecular weight excluding hydrogens is 126 g/mol. The third kappa shape index (κ3) is 0.789. The molecule has 10 heavy (non-hydrogen) atoms. The SMILES string of the molecule is C[C@H]1C(N)CCOC12CC2. The van der Waals surface area contributed by atoms with Crippen LogP contribution >= 0.6 is 0 Å². The van der Waals surface area contributed by atoms with E-state index in [1.165, 1.54) is 12.8 Å². The summed E-state index contributed by atoms with van der Waals surface area (Å²) in [5, 5.41) is 0. The van der Waals surface area contributed by atoms with E-state index in [1.54, 1.807) is 0 Å². The highest BCUT2D eigenvalue weighted by Gasteiger charge is 2.52. The molecule has 58 valence electrons. The number of ether oxygens (including phenoxy) is 1. The van der Waals surface area contributed by atoms with Crippen molar-refractivity contribution in [3.63, 3.8) is 0 Å². The number of hydrogen-bond donors (Lipinski definition) is 1. The van der Waals surface area contributed by atoms with Crippen LogP contribution in [0.3, 0.4) is 0 Å². The Morgan fingerprint density at radius 1 is 1.50 bits per heavy atom. The van der Waals surface area contributed by atoms with E-state index in [2.05, 4.69) is 6.92 Å². The molecule has 1 heterocycles. The molecular formula is C8H15NO. The van der Waals surface area contributed by atoms with E-state index in [-0.39, 0.29) is 5.60 Å². The largest absolute Gasteiger partial charge is 0.375 e. The van der Waals surface area contributed by atoms with Crippen molar-refractivity contribution in [3.05, 3.63) is 0 Å². The van der Waals surface area contributed by atoms with Gasteiger partial charge in [-0.25, -0.2) is 0 Å². The number of hydrogen-bond acceptors (Lipinski definition) is 2. The molecule has 1 spiro atoms. The second-order valence-electron chi connectivity index (χ2n) is 3.65. The first kappa shape index (κ1) is 6.62. The Hall–Kier alpha value is -0.0800. The molecule has 2 aliphatic rings. The molecule has 0 amide bonds. The van der Waals surface area contributed by atoms with Crippen molar-refractivity contribution < 1.29 is 4.74 Å². The minimum atomic E-state index is 0.234. The van der Waals surface area contributed by atoms with Crippen LogP contribution in [0.1, 0.15) is 26.2 Å². The molecule has 1 unspecified atom stereocenters. The molecule has 1 saturated carbocycles. The van der Waals surface area contributed by atoms with Crippen LogP contribution in [0.5, 0.6) is 0 Å². The van der Waals surface area contributed by atoms with Crippen LogP contribution in [-0.2, 0) is 4.74 Å². The summed E-state index contributed by atoms with van der Waals surface area (Å²) in [6.07, 6.45) is 3.52. The molecule has 0 bridgehead atoms. The Morgan fingerprint density at radius 2 is 2.20 bits per heavy atom. The maximum absolute atomic E-state index is 5.91. The first-order valence-corrected chi connectivity index (χ1v) is 4.14. The highest BCUT2D eigenvalue weighted by Crippen LogP contribution is 2.49. The molecule has 1 aliphatic heterocycles. The lowest BCUT2D eigenvalue weighted by atomic mass is 9.90. The molecule has 0 aromatic carbocycles. The van der Waals surface area contributed by atoms with Gasteiger partial charge in [0.25, 0.3) is 0 Å². The molecule has 2 N–H and O–H groups in total. The number of rotatable bonds is 0. The van der Waals surface area contributed by atoms with Crippen molar-refractivity contribution >= 4 is 0 Å². The average molecular weight is 141 g/mol. The molecule has 0 aromatic heterocycles. The van der Waals surface area contributed by atoms with E-state index < -0.39 is 0 Å². The lowest BCUT2D eigenvalue weighted by Gasteiger charge is -2.34. The van der Waals surface area contributed by atoms with Crippen molar-refractivity contribution in [1.82, 2.24) is 0 Å². The second-order valence-corrected chi connectivity index (χ2v) is 3.65. The average Bonchev–Trinajstić information content (AvgIpc) is 2.65. The summed E-state index contributed by atoms with van der Waals surface area (Å²) in [6, 6.07) is 0.385. The van der Waals surface area contributed by atoms with Gasteiger partial charge in [0.2, 0.25) is 0 Å². The zero-order chi connectivity index (χ0) is 7.19. The van der Waals surface area contributed by atoms with Crippen molar-refractivity contribution in [3.8, 4) is 0 Å². The van der Waals surface area contributed by atoms with Crippen molar-refractivity contribution in [2.24, 2.45) is 11.7 Å². The van der Waals surface area contributed by atoms with Gasteiger partial charge < -0.3 is 10.5 Å². The summed E-state index contributed by atoms with van der Waals surface area (Å²) in [6.45, 7) is 3.10. The van der Waals surface area contributed by atoms with E-state index in [1.807, 2.05) is 0 Å². The maximum Gasteiger partial charge on any atom is 0.0724 e. The van der Waals surface area contributed by atoms with Gasteiger partial charge in [0.15, 0.2) is 0 Å². The monoisotopic (exact) mass is 141 g/mol. The van der Waals surface area contributed by atoms with Gasteiger partial charge in [0, 0.05) is 18.6 Å². The lowest BCUT2D eigenvalue weighted by molar-refractivity contribution is -0.0503. The maximum atomic E-state index is 5.91. The predicted molar refractivity (Wildman–Crippen MR) is 39.7 cm³/mol. The third-order valence-corrected chi connectivity index (χ3v) is 3.06. The molecule has 0 aromatic rings. The fourth-order valence-corrected chi connectivity index (χ4v) is 1.89. The predicted octanol–water partition coefficient (Wildman–Crippen LogP) is 0.903. The number of nitrogens with two attached hydrogens (primary N) is 1.